The van der Waals surface area contributed by atoms with Crippen LogP contribution in [0.1, 0.15) is 31.9 Å². The molecule has 1 aliphatic heterocycles. The Bertz CT molecular complexity index is 324. The molecule has 2 N–H and O–H groups in total. The second-order valence-corrected chi connectivity index (χ2v) is 6.76. The van der Waals surface area contributed by atoms with E-state index in [9.17, 15) is 5.11 Å². The number of thioether (sulfide) groups is 1. The number of hydrogen-bond donors (Lipinski definition) is 2. The van der Waals surface area contributed by atoms with E-state index >= 15 is 0 Å². The van der Waals surface area contributed by atoms with Crippen LogP contribution in [-0.2, 0) is 0 Å². The second-order valence-electron chi connectivity index (χ2n) is 4.14. The van der Waals surface area contributed by atoms with Crippen molar-refractivity contribution in [3.63, 3.8) is 0 Å². The van der Waals surface area contributed by atoms with Crippen molar-refractivity contribution in [2.24, 2.45) is 0 Å². The van der Waals surface area contributed by atoms with Gasteiger partial charge in [-0.3, -0.25) is 0 Å². The summed E-state index contributed by atoms with van der Waals surface area (Å²) in [5.74, 6) is 0. The summed E-state index contributed by atoms with van der Waals surface area (Å²) in [6.07, 6.45) is 0.887. The smallest absolute Gasteiger partial charge is 0.0649 e. The molecule has 1 unspecified atom stereocenters. The van der Waals surface area contributed by atoms with Gasteiger partial charge in [0.25, 0.3) is 0 Å². The molecule has 0 fully saturated rings. The third-order valence-corrected chi connectivity index (χ3v) is 4.91. The molecule has 0 bridgehead atoms. The molecule has 15 heavy (non-hydrogen) atoms. The quantitative estimate of drug-likeness (QED) is 0.856. The van der Waals surface area contributed by atoms with Gasteiger partial charge in [-0.25, -0.2) is 0 Å². The molecular formula is C11H17NOS2. The Labute approximate surface area is 99.1 Å². The maximum absolute atomic E-state index is 9.28. The van der Waals surface area contributed by atoms with Gasteiger partial charge in [-0.15, -0.1) is 23.1 Å². The zero-order chi connectivity index (χ0) is 10.8. The first-order valence-electron chi connectivity index (χ1n) is 5.32. The number of nitrogens with one attached hydrogen (secondary N) is 1. The number of aliphatic hydroxyl groups excluding tert-OH is 1. The standard InChI is InChI=1S/C11H17NOS2/c1-7(13)6-12-10-5-8(2)15-11-9(10)3-4-14-11/h3-4,7-8,10,12-13H,5-6H2,1-2H3/t7-,8-,10?/m0/s1. The molecule has 0 aromatic carbocycles. The van der Waals surface area contributed by atoms with Gasteiger partial charge in [0.15, 0.2) is 0 Å². The van der Waals surface area contributed by atoms with E-state index in [1.165, 1.54) is 9.77 Å². The average molecular weight is 243 g/mol. The monoisotopic (exact) mass is 243 g/mol. The highest BCUT2D eigenvalue weighted by Crippen LogP contribution is 2.43. The van der Waals surface area contributed by atoms with Crippen molar-refractivity contribution < 1.29 is 5.11 Å². The Hall–Kier alpha value is -0.0300. The molecule has 3 atom stereocenters. The van der Waals surface area contributed by atoms with Crippen LogP contribution in [0.25, 0.3) is 0 Å². The Morgan fingerprint density at radius 3 is 3.20 bits per heavy atom. The summed E-state index contributed by atoms with van der Waals surface area (Å²) in [7, 11) is 0. The summed E-state index contributed by atoms with van der Waals surface area (Å²) in [4.78, 5) is 0. The lowest BCUT2D eigenvalue weighted by molar-refractivity contribution is 0.185. The van der Waals surface area contributed by atoms with E-state index in [1.807, 2.05) is 30.0 Å². The minimum absolute atomic E-state index is 0.267. The molecule has 0 amide bonds. The van der Waals surface area contributed by atoms with E-state index in [2.05, 4.69) is 23.7 Å². The maximum atomic E-state index is 9.28. The number of rotatable bonds is 3. The normalized spacial score (nSPS) is 27.4. The molecule has 1 aliphatic rings. The fraction of sp³-hybridized carbons (Fsp3) is 0.636. The van der Waals surface area contributed by atoms with Crippen LogP contribution in [0.5, 0.6) is 0 Å². The molecule has 0 spiro atoms. The molecule has 0 radical (unpaired) electrons. The summed E-state index contributed by atoms with van der Waals surface area (Å²) in [6, 6.07) is 2.63. The van der Waals surface area contributed by atoms with E-state index in [-0.39, 0.29) is 6.10 Å². The van der Waals surface area contributed by atoms with Gasteiger partial charge >= 0.3 is 0 Å². The molecule has 4 heteroatoms. The molecular weight excluding hydrogens is 226 g/mol. The van der Waals surface area contributed by atoms with Crippen molar-refractivity contribution in [3.05, 3.63) is 17.0 Å². The molecule has 2 rings (SSSR count). The van der Waals surface area contributed by atoms with Crippen LogP contribution >= 0.6 is 23.1 Å². The van der Waals surface area contributed by atoms with Crippen LogP contribution in [0.3, 0.4) is 0 Å². The van der Waals surface area contributed by atoms with Crippen LogP contribution in [0.15, 0.2) is 15.7 Å². The summed E-state index contributed by atoms with van der Waals surface area (Å²) < 4.78 is 1.44. The lowest BCUT2D eigenvalue weighted by Crippen LogP contribution is -2.31. The zero-order valence-electron chi connectivity index (χ0n) is 9.06. The molecule has 0 aliphatic carbocycles. The van der Waals surface area contributed by atoms with Crippen LogP contribution in [-0.4, -0.2) is 23.0 Å². The third-order valence-electron chi connectivity index (χ3n) is 2.57. The fourth-order valence-corrected chi connectivity index (χ4v) is 4.42. The summed E-state index contributed by atoms with van der Waals surface area (Å²) in [5, 5.41) is 15.5. The van der Waals surface area contributed by atoms with E-state index in [0.29, 0.717) is 17.8 Å². The Morgan fingerprint density at radius 1 is 1.67 bits per heavy atom. The summed E-state index contributed by atoms with van der Waals surface area (Å²) in [5.41, 5.74) is 1.42. The first-order valence-corrected chi connectivity index (χ1v) is 7.08. The Balaban J connectivity index is 2.06. The minimum atomic E-state index is -0.267. The maximum Gasteiger partial charge on any atom is 0.0649 e. The second kappa shape index (κ2) is 4.87. The van der Waals surface area contributed by atoms with Gasteiger partial charge in [-0.2, -0.15) is 0 Å². The topological polar surface area (TPSA) is 32.3 Å². The summed E-state index contributed by atoms with van der Waals surface area (Å²) >= 11 is 3.80. The van der Waals surface area contributed by atoms with E-state index in [0.717, 1.165) is 6.42 Å². The van der Waals surface area contributed by atoms with Crippen molar-refractivity contribution in [2.45, 2.75) is 41.9 Å². The average Bonchev–Trinajstić information content (AvgIpc) is 2.61. The van der Waals surface area contributed by atoms with Crippen molar-refractivity contribution >= 4 is 23.1 Å². The highest BCUT2D eigenvalue weighted by atomic mass is 32.2. The molecule has 1 aromatic rings. The van der Waals surface area contributed by atoms with E-state index in [1.54, 1.807) is 0 Å². The molecule has 1 aromatic heterocycles. The minimum Gasteiger partial charge on any atom is -0.392 e. The lowest BCUT2D eigenvalue weighted by atomic mass is 10.0. The lowest BCUT2D eigenvalue weighted by Gasteiger charge is -2.28. The highest BCUT2D eigenvalue weighted by Gasteiger charge is 2.25. The zero-order valence-corrected chi connectivity index (χ0v) is 10.7. The largest absolute Gasteiger partial charge is 0.392 e. The number of fused-ring (bicyclic) bond motifs is 1. The van der Waals surface area contributed by atoms with Crippen molar-refractivity contribution in [2.75, 3.05) is 6.54 Å². The van der Waals surface area contributed by atoms with Crippen molar-refractivity contribution in [1.29, 1.82) is 0 Å². The third kappa shape index (κ3) is 2.75. The SMILES string of the molecule is C[C@H](O)CNC1C[C@H](C)Sc2sccc21. The van der Waals surface area contributed by atoms with Crippen molar-refractivity contribution in [1.82, 2.24) is 5.32 Å². The molecule has 84 valence electrons. The van der Waals surface area contributed by atoms with Gasteiger partial charge in [0.05, 0.1) is 10.3 Å². The van der Waals surface area contributed by atoms with E-state index in [4.69, 9.17) is 0 Å². The van der Waals surface area contributed by atoms with Crippen LogP contribution in [0.2, 0.25) is 0 Å². The number of thiophene rings is 1. The molecule has 0 saturated heterocycles. The van der Waals surface area contributed by atoms with Gasteiger partial charge < -0.3 is 10.4 Å². The van der Waals surface area contributed by atoms with Gasteiger partial charge in [0.1, 0.15) is 0 Å². The van der Waals surface area contributed by atoms with Gasteiger partial charge in [-0.1, -0.05) is 6.92 Å². The predicted molar refractivity (Wildman–Crippen MR) is 66.7 cm³/mol. The van der Waals surface area contributed by atoms with Crippen molar-refractivity contribution in [3.8, 4) is 0 Å². The molecule has 2 nitrogen and oxygen atoms in total. The Morgan fingerprint density at radius 2 is 2.47 bits per heavy atom. The van der Waals surface area contributed by atoms with Crippen LogP contribution in [0.4, 0.5) is 0 Å². The van der Waals surface area contributed by atoms with Gasteiger partial charge in [0.2, 0.25) is 0 Å². The number of aliphatic hydroxyl groups is 1. The van der Waals surface area contributed by atoms with Crippen LogP contribution in [0, 0.1) is 0 Å². The van der Waals surface area contributed by atoms with Crippen LogP contribution < -0.4 is 5.32 Å². The van der Waals surface area contributed by atoms with E-state index < -0.39 is 0 Å². The van der Waals surface area contributed by atoms with Gasteiger partial charge in [0, 0.05) is 17.8 Å². The Kier molecular flexibility index (Phi) is 3.72. The highest BCUT2D eigenvalue weighted by molar-refractivity contribution is 8.01. The predicted octanol–water partition coefficient (Wildman–Crippen LogP) is 2.64. The first-order chi connectivity index (χ1) is 7.16. The molecule has 2 heterocycles. The van der Waals surface area contributed by atoms with Gasteiger partial charge in [-0.05, 0) is 30.4 Å². The first kappa shape index (κ1) is 11.5. The summed E-state index contributed by atoms with van der Waals surface area (Å²) in [6.45, 7) is 4.77. The number of hydrogen-bond acceptors (Lipinski definition) is 4. The molecule has 0 saturated carbocycles. The fourth-order valence-electron chi connectivity index (χ4n) is 1.86.